The smallest absolute Gasteiger partial charge is 0.289 e. The maximum atomic E-state index is 11.9. The Labute approximate surface area is 99.6 Å². The maximum Gasteiger partial charge on any atom is 0.289 e. The first kappa shape index (κ1) is 13.1. The Hall–Kier alpha value is -1.92. The van der Waals surface area contributed by atoms with E-state index in [1.54, 1.807) is 11.8 Å². The van der Waals surface area contributed by atoms with Gasteiger partial charge in [0, 0.05) is 13.1 Å². The fourth-order valence-corrected chi connectivity index (χ4v) is 1.45. The van der Waals surface area contributed by atoms with Crippen molar-refractivity contribution in [2.45, 2.75) is 26.8 Å². The Bertz CT molecular complexity index is 372. The Morgan fingerprint density at radius 3 is 2.59 bits per heavy atom. The van der Waals surface area contributed by atoms with Crippen LogP contribution in [0.5, 0.6) is 0 Å². The third-order valence-corrected chi connectivity index (χ3v) is 2.42. The molecule has 0 aromatic carbocycles. The van der Waals surface area contributed by atoms with Gasteiger partial charge >= 0.3 is 0 Å². The van der Waals surface area contributed by atoms with Crippen LogP contribution < -0.4 is 5.32 Å². The second-order valence-corrected chi connectivity index (χ2v) is 3.54. The fourth-order valence-electron chi connectivity index (χ4n) is 1.45. The molecule has 1 aromatic heterocycles. The molecule has 1 aromatic rings. The summed E-state index contributed by atoms with van der Waals surface area (Å²) in [5.41, 5.74) is 0. The summed E-state index contributed by atoms with van der Waals surface area (Å²) < 4.78 is 0. The van der Waals surface area contributed by atoms with Crippen molar-refractivity contribution in [3.8, 4) is 0 Å². The van der Waals surface area contributed by atoms with Crippen molar-refractivity contribution in [1.82, 2.24) is 25.4 Å². The Kier molecular flexibility index (Phi) is 4.62. The molecule has 1 atom stereocenters. The number of amides is 2. The second kappa shape index (κ2) is 5.97. The van der Waals surface area contributed by atoms with Gasteiger partial charge in [0.15, 0.2) is 0 Å². The van der Waals surface area contributed by atoms with Crippen molar-refractivity contribution in [2.75, 3.05) is 13.1 Å². The minimum atomic E-state index is -0.576. The topological polar surface area (TPSA) is 91.0 Å². The molecule has 0 fully saturated rings. The molecule has 2 N–H and O–H groups in total. The van der Waals surface area contributed by atoms with Gasteiger partial charge in [0.2, 0.25) is 11.7 Å². The molecule has 0 radical (unpaired) electrons. The summed E-state index contributed by atoms with van der Waals surface area (Å²) in [4.78, 5) is 28.8. The van der Waals surface area contributed by atoms with Gasteiger partial charge < -0.3 is 10.2 Å². The molecular formula is C10H17N5O2. The van der Waals surface area contributed by atoms with Crippen LogP contribution in [0, 0.1) is 0 Å². The van der Waals surface area contributed by atoms with E-state index in [0.717, 1.165) is 0 Å². The molecule has 0 saturated heterocycles. The maximum absolute atomic E-state index is 11.9. The SMILES string of the molecule is CCN(CC)C(=O)C(C)NC(=O)c1ncn[nH]1. The predicted molar refractivity (Wildman–Crippen MR) is 61.2 cm³/mol. The van der Waals surface area contributed by atoms with Crippen LogP contribution in [0.1, 0.15) is 31.4 Å². The molecule has 0 spiro atoms. The number of aromatic nitrogens is 3. The second-order valence-electron chi connectivity index (χ2n) is 3.54. The highest BCUT2D eigenvalue weighted by molar-refractivity contribution is 5.94. The zero-order valence-corrected chi connectivity index (χ0v) is 10.2. The number of likely N-dealkylation sites (N-methyl/N-ethyl adjacent to an activating group) is 1. The minimum Gasteiger partial charge on any atom is -0.341 e. The van der Waals surface area contributed by atoms with Gasteiger partial charge in [-0.1, -0.05) is 0 Å². The number of carbonyl (C=O) groups excluding carboxylic acids is 2. The molecule has 0 aliphatic carbocycles. The molecule has 0 bridgehead atoms. The highest BCUT2D eigenvalue weighted by Gasteiger charge is 2.21. The molecule has 0 aliphatic rings. The van der Waals surface area contributed by atoms with Gasteiger partial charge in [0.1, 0.15) is 12.4 Å². The normalized spacial score (nSPS) is 11.9. The summed E-state index contributed by atoms with van der Waals surface area (Å²) in [7, 11) is 0. The summed E-state index contributed by atoms with van der Waals surface area (Å²) in [5, 5.41) is 8.58. The number of hydrogen-bond donors (Lipinski definition) is 2. The first-order valence-corrected chi connectivity index (χ1v) is 5.55. The van der Waals surface area contributed by atoms with Crippen molar-refractivity contribution >= 4 is 11.8 Å². The number of hydrogen-bond acceptors (Lipinski definition) is 4. The molecule has 1 unspecified atom stereocenters. The molecule has 1 rings (SSSR count). The zero-order chi connectivity index (χ0) is 12.8. The standard InChI is InChI=1S/C10H17N5O2/c1-4-15(5-2)10(17)7(3)13-9(16)8-11-6-12-14-8/h6-7H,4-5H2,1-3H3,(H,13,16)(H,11,12,14). The molecule has 1 heterocycles. The van der Waals surface area contributed by atoms with Crippen LogP contribution >= 0.6 is 0 Å². The summed E-state index contributed by atoms with van der Waals surface area (Å²) in [5.74, 6) is -0.442. The van der Waals surface area contributed by atoms with Crippen LogP contribution in [0.2, 0.25) is 0 Å². The summed E-state index contributed by atoms with van der Waals surface area (Å²) >= 11 is 0. The number of aromatic amines is 1. The van der Waals surface area contributed by atoms with Crippen molar-refractivity contribution in [2.24, 2.45) is 0 Å². The predicted octanol–water partition coefficient (Wildman–Crippen LogP) is -0.209. The Balaban J connectivity index is 2.57. The van der Waals surface area contributed by atoms with Crippen LogP contribution in [-0.4, -0.2) is 51.0 Å². The molecular weight excluding hydrogens is 222 g/mol. The molecule has 0 aliphatic heterocycles. The van der Waals surface area contributed by atoms with E-state index in [2.05, 4.69) is 20.5 Å². The monoisotopic (exact) mass is 239 g/mol. The van der Waals surface area contributed by atoms with Crippen molar-refractivity contribution in [1.29, 1.82) is 0 Å². The number of H-pyrrole nitrogens is 1. The summed E-state index contributed by atoms with van der Waals surface area (Å²) in [6.07, 6.45) is 1.24. The van der Waals surface area contributed by atoms with Crippen molar-refractivity contribution in [3.05, 3.63) is 12.2 Å². The summed E-state index contributed by atoms with van der Waals surface area (Å²) in [6.45, 7) is 6.68. The van der Waals surface area contributed by atoms with E-state index in [4.69, 9.17) is 0 Å². The van der Waals surface area contributed by atoms with E-state index in [1.807, 2.05) is 13.8 Å². The first-order chi connectivity index (χ1) is 8.10. The number of rotatable bonds is 5. The van der Waals surface area contributed by atoms with Gasteiger partial charge in [-0.05, 0) is 20.8 Å². The van der Waals surface area contributed by atoms with Crippen molar-refractivity contribution < 1.29 is 9.59 Å². The van der Waals surface area contributed by atoms with E-state index in [9.17, 15) is 9.59 Å². The number of carbonyl (C=O) groups is 2. The van der Waals surface area contributed by atoms with Gasteiger partial charge in [-0.15, -0.1) is 0 Å². The van der Waals surface area contributed by atoms with Gasteiger partial charge in [-0.25, -0.2) is 4.98 Å². The summed E-state index contributed by atoms with van der Waals surface area (Å²) in [6, 6.07) is -0.576. The van der Waals surface area contributed by atoms with Crippen LogP contribution in [0.3, 0.4) is 0 Å². The number of nitrogens with one attached hydrogen (secondary N) is 2. The molecule has 7 heteroatoms. The third kappa shape index (κ3) is 3.27. The Morgan fingerprint density at radius 2 is 2.12 bits per heavy atom. The van der Waals surface area contributed by atoms with Gasteiger partial charge in [-0.2, -0.15) is 5.10 Å². The first-order valence-electron chi connectivity index (χ1n) is 5.55. The van der Waals surface area contributed by atoms with E-state index in [0.29, 0.717) is 13.1 Å². The average molecular weight is 239 g/mol. The van der Waals surface area contributed by atoms with Gasteiger partial charge in [-0.3, -0.25) is 14.7 Å². The molecule has 2 amide bonds. The van der Waals surface area contributed by atoms with Crippen LogP contribution in [0.25, 0.3) is 0 Å². The van der Waals surface area contributed by atoms with E-state index < -0.39 is 11.9 Å². The van der Waals surface area contributed by atoms with Crippen molar-refractivity contribution in [3.63, 3.8) is 0 Å². The zero-order valence-electron chi connectivity index (χ0n) is 10.2. The van der Waals surface area contributed by atoms with E-state index in [1.165, 1.54) is 6.33 Å². The largest absolute Gasteiger partial charge is 0.341 e. The van der Waals surface area contributed by atoms with E-state index >= 15 is 0 Å². The minimum absolute atomic E-state index is 0.101. The Morgan fingerprint density at radius 1 is 1.47 bits per heavy atom. The van der Waals surface area contributed by atoms with Gasteiger partial charge in [0.05, 0.1) is 0 Å². The molecule has 7 nitrogen and oxygen atoms in total. The average Bonchev–Trinajstić information content (AvgIpc) is 2.83. The lowest BCUT2D eigenvalue weighted by atomic mass is 10.2. The number of nitrogens with zero attached hydrogens (tertiary/aromatic N) is 3. The molecule has 17 heavy (non-hydrogen) atoms. The highest BCUT2D eigenvalue weighted by Crippen LogP contribution is 1.96. The quantitative estimate of drug-likeness (QED) is 0.744. The third-order valence-electron chi connectivity index (χ3n) is 2.42. The molecule has 0 saturated carbocycles. The lowest BCUT2D eigenvalue weighted by Crippen LogP contribution is -2.47. The van der Waals surface area contributed by atoms with E-state index in [-0.39, 0.29) is 11.7 Å². The fraction of sp³-hybridized carbons (Fsp3) is 0.600. The molecule has 94 valence electrons. The van der Waals surface area contributed by atoms with Crippen LogP contribution in [0.4, 0.5) is 0 Å². The van der Waals surface area contributed by atoms with Crippen LogP contribution in [-0.2, 0) is 4.79 Å². The van der Waals surface area contributed by atoms with Crippen LogP contribution in [0.15, 0.2) is 6.33 Å². The highest BCUT2D eigenvalue weighted by atomic mass is 16.2. The van der Waals surface area contributed by atoms with Gasteiger partial charge in [0.25, 0.3) is 5.91 Å². The lowest BCUT2D eigenvalue weighted by molar-refractivity contribution is -0.132. The lowest BCUT2D eigenvalue weighted by Gasteiger charge is -2.23.